The van der Waals surface area contributed by atoms with Crippen molar-refractivity contribution in [1.82, 2.24) is 10.3 Å². The minimum Gasteiger partial charge on any atom is -0.453 e. The summed E-state index contributed by atoms with van der Waals surface area (Å²) in [6, 6.07) is 20.0. The number of nitrogens with one attached hydrogen (secondary N) is 2. The summed E-state index contributed by atoms with van der Waals surface area (Å²) < 4.78 is 4.81. The maximum absolute atomic E-state index is 13.4. The molecule has 0 unspecified atom stereocenters. The number of carbonyl (C=O) groups is 2. The number of alkyl carbamates (subject to hydrolysis) is 1. The molecule has 0 saturated carbocycles. The lowest BCUT2D eigenvalue weighted by Crippen LogP contribution is -2.48. The smallest absolute Gasteiger partial charge is 0.407 e. The number of ether oxygens (including phenoxy) is 1. The zero-order valence-corrected chi connectivity index (χ0v) is 17.0. The van der Waals surface area contributed by atoms with E-state index in [0.29, 0.717) is 0 Å². The van der Waals surface area contributed by atoms with Gasteiger partial charge in [-0.3, -0.25) is 9.78 Å². The van der Waals surface area contributed by atoms with Crippen LogP contribution in [0.4, 0.5) is 10.5 Å². The van der Waals surface area contributed by atoms with E-state index in [-0.39, 0.29) is 5.91 Å². The third-order valence-electron chi connectivity index (χ3n) is 4.95. The summed E-state index contributed by atoms with van der Waals surface area (Å²) in [5, 5.41) is 5.71. The Morgan fingerprint density at radius 1 is 0.933 bits per heavy atom. The normalized spacial score (nSPS) is 12.5. The Labute approximate surface area is 176 Å². The highest BCUT2D eigenvalue weighted by atomic mass is 16.5. The van der Waals surface area contributed by atoms with Crippen molar-refractivity contribution >= 4 is 17.7 Å². The monoisotopic (exact) mass is 403 g/mol. The fraction of sp³-hybridized carbons (Fsp3) is 0.208. The number of para-hydroxylation sites is 1. The van der Waals surface area contributed by atoms with E-state index in [4.69, 9.17) is 4.74 Å². The van der Waals surface area contributed by atoms with Crippen LogP contribution in [0.3, 0.4) is 0 Å². The van der Waals surface area contributed by atoms with Crippen molar-refractivity contribution in [2.45, 2.75) is 25.3 Å². The van der Waals surface area contributed by atoms with Crippen LogP contribution in [-0.2, 0) is 16.0 Å². The van der Waals surface area contributed by atoms with Gasteiger partial charge < -0.3 is 15.4 Å². The van der Waals surface area contributed by atoms with Crippen LogP contribution in [0.1, 0.15) is 29.5 Å². The molecule has 0 spiro atoms. The van der Waals surface area contributed by atoms with Gasteiger partial charge in [-0.05, 0) is 41.3 Å². The Morgan fingerprint density at radius 2 is 1.57 bits per heavy atom. The summed E-state index contributed by atoms with van der Waals surface area (Å²) in [5.74, 6) is -0.756. The van der Waals surface area contributed by atoms with E-state index in [0.717, 1.165) is 28.8 Å². The van der Waals surface area contributed by atoms with Crippen LogP contribution >= 0.6 is 0 Å². The molecular formula is C24H25N3O3. The molecule has 3 rings (SSSR count). The van der Waals surface area contributed by atoms with Crippen molar-refractivity contribution in [3.63, 3.8) is 0 Å². The van der Waals surface area contributed by atoms with Crippen LogP contribution in [0.2, 0.25) is 0 Å². The molecule has 0 radical (unpaired) electrons. The molecule has 2 N–H and O–H groups in total. The lowest BCUT2D eigenvalue weighted by molar-refractivity contribution is -0.118. The predicted molar refractivity (Wildman–Crippen MR) is 116 cm³/mol. The number of nitrogens with zero attached hydrogens (tertiary/aromatic N) is 1. The number of rotatable bonds is 7. The first-order valence-electron chi connectivity index (χ1n) is 9.82. The van der Waals surface area contributed by atoms with E-state index in [1.165, 1.54) is 7.11 Å². The summed E-state index contributed by atoms with van der Waals surface area (Å²) in [5.41, 5.74) is 3.49. The van der Waals surface area contributed by atoms with E-state index in [9.17, 15) is 9.59 Å². The SMILES string of the molecule is CCc1ccccc1NC(=O)[C@@H](NC(=O)OC)[C@H](c1ccccc1)c1ccncc1. The summed E-state index contributed by atoms with van der Waals surface area (Å²) in [6.07, 6.45) is 3.45. The van der Waals surface area contributed by atoms with E-state index in [1.54, 1.807) is 12.4 Å². The second-order valence-corrected chi connectivity index (χ2v) is 6.78. The van der Waals surface area contributed by atoms with Crippen LogP contribution in [0.15, 0.2) is 79.1 Å². The molecule has 1 aromatic heterocycles. The molecule has 0 fully saturated rings. The van der Waals surface area contributed by atoms with Gasteiger partial charge in [0.05, 0.1) is 7.11 Å². The first-order valence-corrected chi connectivity index (χ1v) is 9.82. The molecule has 2 amide bonds. The van der Waals surface area contributed by atoms with Crippen molar-refractivity contribution in [1.29, 1.82) is 0 Å². The first-order chi connectivity index (χ1) is 14.6. The number of hydrogen-bond acceptors (Lipinski definition) is 4. The standard InChI is InChI=1S/C24H25N3O3/c1-3-17-9-7-8-12-20(17)26-23(28)22(27-24(29)30-2)21(18-10-5-4-6-11-18)19-13-15-25-16-14-19/h4-16,21-22H,3H2,1-2H3,(H,26,28)(H,27,29)/t21-,22+/m1/s1. The summed E-state index contributed by atoms with van der Waals surface area (Å²) in [4.78, 5) is 29.6. The van der Waals surface area contributed by atoms with Crippen molar-refractivity contribution in [2.75, 3.05) is 12.4 Å². The van der Waals surface area contributed by atoms with Gasteiger partial charge in [-0.2, -0.15) is 0 Å². The predicted octanol–water partition coefficient (Wildman–Crippen LogP) is 4.14. The van der Waals surface area contributed by atoms with E-state index >= 15 is 0 Å². The van der Waals surface area contributed by atoms with Crippen LogP contribution in [-0.4, -0.2) is 30.1 Å². The van der Waals surface area contributed by atoms with Crippen LogP contribution in [0, 0.1) is 0 Å². The van der Waals surface area contributed by atoms with Gasteiger partial charge in [-0.15, -0.1) is 0 Å². The van der Waals surface area contributed by atoms with Gasteiger partial charge in [0.15, 0.2) is 0 Å². The summed E-state index contributed by atoms with van der Waals surface area (Å²) >= 11 is 0. The number of benzene rings is 2. The highest BCUT2D eigenvalue weighted by Crippen LogP contribution is 2.29. The zero-order chi connectivity index (χ0) is 21.3. The average molecular weight is 403 g/mol. The number of amides is 2. The van der Waals surface area contributed by atoms with Crippen LogP contribution < -0.4 is 10.6 Å². The van der Waals surface area contributed by atoms with Crippen LogP contribution in [0.5, 0.6) is 0 Å². The largest absolute Gasteiger partial charge is 0.453 e. The topological polar surface area (TPSA) is 80.3 Å². The van der Waals surface area contributed by atoms with Gasteiger partial charge >= 0.3 is 6.09 Å². The molecule has 6 nitrogen and oxygen atoms in total. The lowest BCUT2D eigenvalue weighted by atomic mass is 9.85. The number of anilines is 1. The maximum Gasteiger partial charge on any atom is 0.407 e. The fourth-order valence-electron chi connectivity index (χ4n) is 3.46. The van der Waals surface area contributed by atoms with Gasteiger partial charge in [0.1, 0.15) is 6.04 Å². The number of hydrogen-bond donors (Lipinski definition) is 2. The van der Waals surface area contributed by atoms with Crippen molar-refractivity contribution < 1.29 is 14.3 Å². The van der Waals surface area contributed by atoms with Crippen LogP contribution in [0.25, 0.3) is 0 Å². The molecule has 0 saturated heterocycles. The molecule has 0 bridgehead atoms. The third kappa shape index (κ3) is 5.03. The highest BCUT2D eigenvalue weighted by Gasteiger charge is 2.33. The first kappa shape index (κ1) is 21.0. The Balaban J connectivity index is 2.03. The number of aromatic nitrogens is 1. The maximum atomic E-state index is 13.4. The number of methoxy groups -OCH3 is 1. The number of carbonyl (C=O) groups excluding carboxylic acids is 2. The molecule has 0 aliphatic carbocycles. The van der Waals surface area contributed by atoms with E-state index < -0.39 is 18.1 Å². The molecule has 6 heteroatoms. The van der Waals surface area contributed by atoms with Gasteiger partial charge in [0.2, 0.25) is 5.91 Å². The van der Waals surface area contributed by atoms with E-state index in [2.05, 4.69) is 15.6 Å². The van der Waals surface area contributed by atoms with Gasteiger partial charge in [-0.25, -0.2) is 4.79 Å². The second kappa shape index (κ2) is 10.2. The van der Waals surface area contributed by atoms with E-state index in [1.807, 2.05) is 73.7 Å². The zero-order valence-electron chi connectivity index (χ0n) is 17.0. The average Bonchev–Trinajstić information content (AvgIpc) is 2.80. The number of pyridine rings is 1. The summed E-state index contributed by atoms with van der Waals surface area (Å²) in [7, 11) is 1.28. The van der Waals surface area contributed by atoms with Gasteiger partial charge in [-0.1, -0.05) is 55.5 Å². The minimum atomic E-state index is -0.896. The molecule has 0 aliphatic rings. The summed E-state index contributed by atoms with van der Waals surface area (Å²) in [6.45, 7) is 2.03. The second-order valence-electron chi connectivity index (χ2n) is 6.78. The Morgan fingerprint density at radius 3 is 2.23 bits per heavy atom. The van der Waals surface area contributed by atoms with Crippen molar-refractivity contribution in [3.8, 4) is 0 Å². The number of aryl methyl sites for hydroxylation is 1. The quantitative estimate of drug-likeness (QED) is 0.621. The lowest BCUT2D eigenvalue weighted by Gasteiger charge is -2.28. The molecule has 2 aromatic carbocycles. The Bertz CT molecular complexity index is 938. The molecule has 3 aromatic rings. The van der Waals surface area contributed by atoms with Gasteiger partial charge in [0, 0.05) is 24.0 Å². The Kier molecular flexibility index (Phi) is 7.16. The minimum absolute atomic E-state index is 0.327. The highest BCUT2D eigenvalue weighted by molar-refractivity contribution is 5.98. The Hall–Kier alpha value is -3.67. The van der Waals surface area contributed by atoms with Crippen molar-refractivity contribution in [3.05, 3.63) is 95.8 Å². The fourth-order valence-corrected chi connectivity index (χ4v) is 3.46. The molecule has 0 aliphatic heterocycles. The molecule has 30 heavy (non-hydrogen) atoms. The molecule has 154 valence electrons. The molecular weight excluding hydrogens is 378 g/mol. The third-order valence-corrected chi connectivity index (χ3v) is 4.95. The van der Waals surface area contributed by atoms with Gasteiger partial charge in [0.25, 0.3) is 0 Å². The van der Waals surface area contributed by atoms with Crippen molar-refractivity contribution in [2.24, 2.45) is 0 Å². The molecule has 1 heterocycles. The molecule has 2 atom stereocenters.